The predicted octanol–water partition coefficient (Wildman–Crippen LogP) is 1.53. The Morgan fingerprint density at radius 2 is 1.96 bits per heavy atom. The van der Waals surface area contributed by atoms with Gasteiger partial charge in [-0.15, -0.1) is 0 Å². The first-order valence-corrected chi connectivity index (χ1v) is 8.17. The van der Waals surface area contributed by atoms with Crippen molar-refractivity contribution >= 4 is 0 Å². The van der Waals surface area contributed by atoms with Crippen LogP contribution in [0.2, 0.25) is 0 Å². The van der Waals surface area contributed by atoms with Gasteiger partial charge in [0, 0.05) is 0 Å². The summed E-state index contributed by atoms with van der Waals surface area (Å²) >= 11 is 0. The normalized spacial score (nSPS) is 35.2. The molecule has 4 rings (SSSR count). The van der Waals surface area contributed by atoms with Gasteiger partial charge < -0.3 is 33.6 Å². The topological polar surface area (TPSA) is 90.5 Å². The lowest BCUT2D eigenvalue weighted by Crippen LogP contribution is -2.62. The van der Waals surface area contributed by atoms with Gasteiger partial charge in [0.1, 0.15) is 30.2 Å². The fourth-order valence-electron chi connectivity index (χ4n) is 3.07. The highest BCUT2D eigenvalue weighted by Gasteiger charge is 2.50. The Hall–Kier alpha value is -1.90. The third kappa shape index (κ3) is 3.29. The minimum atomic E-state index is -1.25. The summed E-state index contributed by atoms with van der Waals surface area (Å²) in [6, 6.07) is 10.8. The molecule has 3 heterocycles. The zero-order valence-corrected chi connectivity index (χ0v) is 13.6. The van der Waals surface area contributed by atoms with Gasteiger partial charge in [-0.2, -0.15) is 0 Å². The molecule has 2 saturated heterocycles. The van der Waals surface area contributed by atoms with Crippen LogP contribution in [0.3, 0.4) is 0 Å². The Labute approximate surface area is 144 Å². The molecule has 0 radical (unpaired) electrons. The van der Waals surface area contributed by atoms with Crippen LogP contribution in [0.1, 0.15) is 17.6 Å². The molecule has 6 atom stereocenters. The highest BCUT2D eigenvalue weighted by Crippen LogP contribution is 2.34. The van der Waals surface area contributed by atoms with Crippen LogP contribution in [0.5, 0.6) is 5.75 Å². The molecule has 2 N–H and O–H groups in total. The van der Waals surface area contributed by atoms with E-state index in [-0.39, 0.29) is 6.61 Å². The first-order valence-electron chi connectivity index (χ1n) is 8.17. The first-order chi connectivity index (χ1) is 12.1. The van der Waals surface area contributed by atoms with Gasteiger partial charge in [-0.05, 0) is 36.8 Å². The molecular formula is C18H20O7. The molecule has 2 aliphatic rings. The van der Waals surface area contributed by atoms with Crippen LogP contribution < -0.4 is 4.74 Å². The number of aliphatic hydroxyl groups excluding tert-OH is 2. The molecule has 6 unspecified atom stereocenters. The Morgan fingerprint density at radius 1 is 1.08 bits per heavy atom. The third-order valence-electron chi connectivity index (χ3n) is 4.35. The van der Waals surface area contributed by atoms with E-state index in [2.05, 4.69) is 0 Å². The minimum absolute atomic E-state index is 0.188. The second kappa shape index (κ2) is 6.78. The predicted molar refractivity (Wildman–Crippen MR) is 84.8 cm³/mol. The number of fused-ring (bicyclic) bond motifs is 1. The van der Waals surface area contributed by atoms with E-state index in [0.717, 1.165) is 5.56 Å². The zero-order chi connectivity index (χ0) is 17.4. The van der Waals surface area contributed by atoms with Gasteiger partial charge in [0.05, 0.1) is 12.9 Å². The van der Waals surface area contributed by atoms with E-state index in [0.29, 0.717) is 11.5 Å². The maximum Gasteiger partial charge on any atom is 0.229 e. The summed E-state index contributed by atoms with van der Waals surface area (Å²) in [7, 11) is 0. The molecule has 7 nitrogen and oxygen atoms in total. The van der Waals surface area contributed by atoms with Crippen molar-refractivity contribution in [3.63, 3.8) is 0 Å². The molecule has 25 heavy (non-hydrogen) atoms. The molecule has 0 spiro atoms. The molecule has 134 valence electrons. The van der Waals surface area contributed by atoms with Gasteiger partial charge in [-0.1, -0.05) is 12.1 Å². The number of hydrogen-bond donors (Lipinski definition) is 2. The van der Waals surface area contributed by atoms with E-state index < -0.39 is 37.0 Å². The average molecular weight is 348 g/mol. The van der Waals surface area contributed by atoms with Crippen molar-refractivity contribution in [1.29, 1.82) is 0 Å². The van der Waals surface area contributed by atoms with Crippen molar-refractivity contribution in [2.24, 2.45) is 0 Å². The van der Waals surface area contributed by atoms with E-state index in [4.69, 9.17) is 23.4 Å². The van der Waals surface area contributed by atoms with Gasteiger partial charge in [-0.25, -0.2) is 0 Å². The van der Waals surface area contributed by atoms with E-state index in [1.54, 1.807) is 18.2 Å². The monoisotopic (exact) mass is 348 g/mol. The van der Waals surface area contributed by atoms with Crippen LogP contribution in [0.25, 0.3) is 0 Å². The summed E-state index contributed by atoms with van der Waals surface area (Å²) in [6.07, 6.45) is -3.95. The summed E-state index contributed by atoms with van der Waals surface area (Å²) < 4.78 is 28.1. The maximum absolute atomic E-state index is 10.5. The van der Waals surface area contributed by atoms with Crippen molar-refractivity contribution in [1.82, 2.24) is 0 Å². The SMILES string of the molecule is Cc1cccc(OC2OC3COC(c4ccco4)OC3C(O)C2O)c1. The largest absolute Gasteiger partial charge is 0.464 e. The Balaban J connectivity index is 1.46. The lowest BCUT2D eigenvalue weighted by molar-refractivity contribution is -0.352. The molecule has 0 amide bonds. The fraction of sp³-hybridized carbons (Fsp3) is 0.444. The van der Waals surface area contributed by atoms with E-state index >= 15 is 0 Å². The second-order valence-corrected chi connectivity index (χ2v) is 6.24. The fourth-order valence-corrected chi connectivity index (χ4v) is 3.07. The van der Waals surface area contributed by atoms with Crippen molar-refractivity contribution in [2.75, 3.05) is 6.61 Å². The van der Waals surface area contributed by atoms with Crippen LogP contribution in [0.15, 0.2) is 47.1 Å². The number of ether oxygens (including phenoxy) is 4. The highest BCUT2D eigenvalue weighted by molar-refractivity contribution is 5.27. The van der Waals surface area contributed by atoms with Crippen molar-refractivity contribution in [3.05, 3.63) is 54.0 Å². The molecule has 7 heteroatoms. The Bertz CT molecular complexity index is 699. The summed E-state index contributed by atoms with van der Waals surface area (Å²) in [6.45, 7) is 2.13. The maximum atomic E-state index is 10.5. The third-order valence-corrected chi connectivity index (χ3v) is 4.35. The average Bonchev–Trinajstić information content (AvgIpc) is 3.14. The molecule has 0 aliphatic carbocycles. The number of furan rings is 1. The molecule has 2 fully saturated rings. The van der Waals surface area contributed by atoms with E-state index in [1.807, 2.05) is 25.1 Å². The van der Waals surface area contributed by atoms with Gasteiger partial charge in [-0.3, -0.25) is 0 Å². The molecule has 1 aromatic carbocycles. The number of rotatable bonds is 3. The summed E-state index contributed by atoms with van der Waals surface area (Å²) in [5.74, 6) is 1.05. The highest BCUT2D eigenvalue weighted by atomic mass is 16.8. The summed E-state index contributed by atoms with van der Waals surface area (Å²) in [4.78, 5) is 0. The van der Waals surface area contributed by atoms with Crippen LogP contribution in [0, 0.1) is 6.92 Å². The second-order valence-electron chi connectivity index (χ2n) is 6.24. The van der Waals surface area contributed by atoms with Crippen molar-refractivity contribution < 1.29 is 33.6 Å². The van der Waals surface area contributed by atoms with Crippen LogP contribution in [-0.2, 0) is 14.2 Å². The molecule has 1 aromatic heterocycles. The van der Waals surface area contributed by atoms with Gasteiger partial charge in [0.2, 0.25) is 12.6 Å². The van der Waals surface area contributed by atoms with E-state index in [1.165, 1.54) is 6.26 Å². The molecule has 2 aromatic rings. The van der Waals surface area contributed by atoms with Crippen LogP contribution in [0.4, 0.5) is 0 Å². The minimum Gasteiger partial charge on any atom is -0.464 e. The zero-order valence-electron chi connectivity index (χ0n) is 13.6. The van der Waals surface area contributed by atoms with Gasteiger partial charge in [0.25, 0.3) is 0 Å². The number of aliphatic hydroxyl groups is 2. The number of benzene rings is 1. The molecule has 2 aliphatic heterocycles. The molecule has 0 saturated carbocycles. The Morgan fingerprint density at radius 3 is 2.72 bits per heavy atom. The van der Waals surface area contributed by atoms with Crippen LogP contribution >= 0.6 is 0 Å². The lowest BCUT2D eigenvalue weighted by Gasteiger charge is -2.45. The Kier molecular flexibility index (Phi) is 4.49. The van der Waals surface area contributed by atoms with Gasteiger partial charge in [0.15, 0.2) is 5.76 Å². The van der Waals surface area contributed by atoms with Gasteiger partial charge >= 0.3 is 0 Å². The van der Waals surface area contributed by atoms with Crippen LogP contribution in [-0.4, -0.2) is 47.5 Å². The standard InChI is InChI=1S/C18H20O7/c1-10-4-2-5-11(8-10)23-18-15(20)14(19)16-13(24-18)9-22-17(25-16)12-6-3-7-21-12/h2-8,13-20H,9H2,1H3. The van der Waals surface area contributed by atoms with E-state index in [9.17, 15) is 10.2 Å². The molecule has 0 bridgehead atoms. The number of hydrogen-bond acceptors (Lipinski definition) is 7. The lowest BCUT2D eigenvalue weighted by atomic mass is 9.98. The number of aryl methyl sites for hydroxylation is 1. The molecular weight excluding hydrogens is 328 g/mol. The van der Waals surface area contributed by atoms with Crippen molar-refractivity contribution in [3.8, 4) is 5.75 Å². The summed E-state index contributed by atoms with van der Waals surface area (Å²) in [5.41, 5.74) is 1.02. The summed E-state index contributed by atoms with van der Waals surface area (Å²) in [5, 5.41) is 20.8. The first kappa shape index (κ1) is 16.6. The smallest absolute Gasteiger partial charge is 0.229 e. The van der Waals surface area contributed by atoms with Crippen molar-refractivity contribution in [2.45, 2.75) is 43.9 Å². The quantitative estimate of drug-likeness (QED) is 0.869.